The standard InChI is InChI=1S/C24H27N5OS/c1-16-11-13-18(14-12-16)20-21(23(30)28-15-7-6-8-17(28)2)31-24-26-25-22(29(24)27-20)19-9-4-3-5-10-19/h3-5,9-14,17,20-21,27H,6-8,15H2,1-2H3/t17-,20-,21+/m0/s1. The van der Waals surface area contributed by atoms with E-state index in [0.29, 0.717) is 0 Å². The molecule has 2 aliphatic rings. The average molecular weight is 434 g/mol. The second-order valence-electron chi connectivity index (χ2n) is 8.44. The molecule has 0 radical (unpaired) electrons. The summed E-state index contributed by atoms with van der Waals surface area (Å²) in [7, 11) is 0. The number of aryl methyl sites for hydroxylation is 1. The Labute approximate surface area is 187 Å². The van der Waals surface area contributed by atoms with Crippen LogP contribution in [-0.2, 0) is 4.79 Å². The van der Waals surface area contributed by atoms with Gasteiger partial charge in [0.15, 0.2) is 5.82 Å². The minimum absolute atomic E-state index is 0.168. The van der Waals surface area contributed by atoms with Crippen molar-refractivity contribution in [1.82, 2.24) is 19.8 Å². The molecule has 7 heteroatoms. The summed E-state index contributed by atoms with van der Waals surface area (Å²) in [5.74, 6) is 0.947. The fourth-order valence-corrected chi connectivity index (χ4v) is 5.58. The lowest BCUT2D eigenvalue weighted by atomic mass is 9.99. The smallest absolute Gasteiger partial charge is 0.238 e. The van der Waals surface area contributed by atoms with Crippen molar-refractivity contribution in [1.29, 1.82) is 0 Å². The number of hydrogen-bond acceptors (Lipinski definition) is 5. The maximum Gasteiger partial charge on any atom is 0.238 e. The van der Waals surface area contributed by atoms with E-state index in [1.807, 2.05) is 35.0 Å². The van der Waals surface area contributed by atoms with Crippen molar-refractivity contribution in [3.8, 4) is 11.4 Å². The molecular formula is C24H27N5OS. The fraction of sp³-hybridized carbons (Fsp3) is 0.375. The van der Waals surface area contributed by atoms with Gasteiger partial charge in [-0.05, 0) is 38.7 Å². The van der Waals surface area contributed by atoms with Gasteiger partial charge >= 0.3 is 0 Å². The molecule has 0 spiro atoms. The average Bonchev–Trinajstić information content (AvgIpc) is 3.22. The van der Waals surface area contributed by atoms with Crippen molar-refractivity contribution in [2.75, 3.05) is 12.0 Å². The van der Waals surface area contributed by atoms with E-state index in [9.17, 15) is 4.79 Å². The molecule has 1 saturated heterocycles. The van der Waals surface area contributed by atoms with Crippen LogP contribution in [0.2, 0.25) is 0 Å². The van der Waals surface area contributed by atoms with E-state index in [4.69, 9.17) is 0 Å². The number of nitrogens with one attached hydrogen (secondary N) is 1. The van der Waals surface area contributed by atoms with Crippen molar-refractivity contribution in [3.63, 3.8) is 0 Å². The quantitative estimate of drug-likeness (QED) is 0.663. The molecule has 5 rings (SSSR count). The van der Waals surface area contributed by atoms with E-state index < -0.39 is 0 Å². The van der Waals surface area contributed by atoms with Crippen molar-refractivity contribution in [2.45, 2.75) is 55.6 Å². The highest BCUT2D eigenvalue weighted by Gasteiger charge is 2.41. The first-order valence-electron chi connectivity index (χ1n) is 10.9. The number of nitrogens with zero attached hydrogens (tertiary/aromatic N) is 4. The molecule has 31 heavy (non-hydrogen) atoms. The second kappa shape index (κ2) is 8.38. The van der Waals surface area contributed by atoms with E-state index in [1.165, 1.54) is 23.7 Å². The Bertz CT molecular complexity index is 1070. The summed E-state index contributed by atoms with van der Waals surface area (Å²) in [4.78, 5) is 15.8. The number of aromatic nitrogens is 3. The SMILES string of the molecule is Cc1ccc([C@@H]2Nn3c(nnc3-c3ccccc3)S[C@H]2C(=O)N2CCCC[C@@H]2C)cc1. The summed E-state index contributed by atoms with van der Waals surface area (Å²) in [6.07, 6.45) is 3.34. The zero-order valence-electron chi connectivity index (χ0n) is 17.9. The number of carbonyl (C=O) groups excluding carboxylic acids is 1. The van der Waals surface area contributed by atoms with Gasteiger partial charge in [0, 0.05) is 18.2 Å². The van der Waals surface area contributed by atoms with E-state index in [0.717, 1.165) is 41.5 Å². The fourth-order valence-electron chi connectivity index (χ4n) is 4.43. The molecule has 3 atom stereocenters. The number of hydrogen-bond donors (Lipinski definition) is 1. The van der Waals surface area contributed by atoms with Crippen molar-refractivity contribution in [2.24, 2.45) is 0 Å². The third-order valence-electron chi connectivity index (χ3n) is 6.23. The van der Waals surface area contributed by atoms with Crippen LogP contribution >= 0.6 is 11.8 Å². The molecule has 1 fully saturated rings. The number of amides is 1. The Morgan fingerprint density at radius 3 is 2.58 bits per heavy atom. The maximum atomic E-state index is 13.7. The molecule has 0 bridgehead atoms. The lowest BCUT2D eigenvalue weighted by Crippen LogP contribution is -2.50. The topological polar surface area (TPSA) is 63.1 Å². The lowest BCUT2D eigenvalue weighted by Gasteiger charge is -2.39. The summed E-state index contributed by atoms with van der Waals surface area (Å²) in [5.41, 5.74) is 6.88. The van der Waals surface area contributed by atoms with Crippen LogP contribution in [0.5, 0.6) is 0 Å². The van der Waals surface area contributed by atoms with E-state index >= 15 is 0 Å². The van der Waals surface area contributed by atoms with Gasteiger partial charge in [0.25, 0.3) is 0 Å². The maximum absolute atomic E-state index is 13.7. The van der Waals surface area contributed by atoms with Gasteiger partial charge in [0.05, 0.1) is 6.04 Å². The van der Waals surface area contributed by atoms with Crippen LogP contribution in [0.3, 0.4) is 0 Å². The molecule has 3 aromatic rings. The zero-order chi connectivity index (χ0) is 21.4. The molecule has 0 aliphatic carbocycles. The number of thioether (sulfide) groups is 1. The van der Waals surface area contributed by atoms with Gasteiger partial charge < -0.3 is 10.3 Å². The van der Waals surface area contributed by atoms with Gasteiger partial charge in [-0.1, -0.05) is 71.9 Å². The van der Waals surface area contributed by atoms with Crippen LogP contribution < -0.4 is 5.43 Å². The number of rotatable bonds is 3. The normalized spacial score (nSPS) is 23.2. The number of fused-ring (bicyclic) bond motifs is 1. The first kappa shape index (κ1) is 20.1. The third-order valence-corrected chi connectivity index (χ3v) is 7.44. The highest BCUT2D eigenvalue weighted by atomic mass is 32.2. The number of benzene rings is 2. The lowest BCUT2D eigenvalue weighted by molar-refractivity contribution is -0.134. The van der Waals surface area contributed by atoms with Gasteiger partial charge in [-0.2, -0.15) is 0 Å². The Morgan fingerprint density at radius 1 is 1.06 bits per heavy atom. The predicted molar refractivity (Wildman–Crippen MR) is 123 cm³/mol. The van der Waals surface area contributed by atoms with Gasteiger partial charge in [-0.15, -0.1) is 10.2 Å². The summed E-state index contributed by atoms with van der Waals surface area (Å²) in [6.45, 7) is 5.07. The largest absolute Gasteiger partial charge is 0.339 e. The van der Waals surface area contributed by atoms with Crippen molar-refractivity contribution in [3.05, 3.63) is 65.7 Å². The first-order valence-corrected chi connectivity index (χ1v) is 11.8. The summed E-state index contributed by atoms with van der Waals surface area (Å²) in [6, 6.07) is 18.6. The van der Waals surface area contributed by atoms with Crippen LogP contribution in [0.4, 0.5) is 0 Å². The number of piperidine rings is 1. The first-order chi connectivity index (χ1) is 15.1. The van der Waals surface area contributed by atoms with Gasteiger partial charge in [0.1, 0.15) is 5.25 Å². The zero-order valence-corrected chi connectivity index (χ0v) is 18.7. The molecule has 0 unspecified atom stereocenters. The Hall–Kier alpha value is -2.80. The van der Waals surface area contributed by atoms with Crippen molar-refractivity contribution < 1.29 is 4.79 Å². The Kier molecular flexibility index (Phi) is 5.44. The van der Waals surface area contributed by atoms with Gasteiger partial charge in [-0.3, -0.25) is 4.79 Å². The third kappa shape index (κ3) is 3.83. The number of carbonyl (C=O) groups is 1. The Balaban J connectivity index is 1.53. The number of likely N-dealkylation sites (tertiary alicyclic amines) is 1. The van der Waals surface area contributed by atoms with Crippen LogP contribution in [-0.4, -0.2) is 43.5 Å². The molecule has 3 heterocycles. The highest BCUT2D eigenvalue weighted by molar-refractivity contribution is 8.00. The molecule has 2 aliphatic heterocycles. The van der Waals surface area contributed by atoms with E-state index in [2.05, 4.69) is 58.6 Å². The van der Waals surface area contributed by atoms with Crippen LogP contribution in [0.1, 0.15) is 43.4 Å². The monoisotopic (exact) mass is 433 g/mol. The summed E-state index contributed by atoms with van der Waals surface area (Å²) in [5, 5.41) is 9.29. The molecule has 1 amide bonds. The second-order valence-corrected chi connectivity index (χ2v) is 9.55. The molecule has 160 valence electrons. The summed E-state index contributed by atoms with van der Waals surface area (Å²) >= 11 is 1.52. The van der Waals surface area contributed by atoms with Gasteiger partial charge in [-0.25, -0.2) is 4.68 Å². The molecule has 6 nitrogen and oxygen atoms in total. The van der Waals surface area contributed by atoms with E-state index in [-0.39, 0.29) is 23.2 Å². The summed E-state index contributed by atoms with van der Waals surface area (Å²) < 4.78 is 1.94. The van der Waals surface area contributed by atoms with Crippen LogP contribution in [0.15, 0.2) is 59.8 Å². The molecule has 2 aromatic carbocycles. The molecule has 1 N–H and O–H groups in total. The van der Waals surface area contributed by atoms with Gasteiger partial charge in [0.2, 0.25) is 11.1 Å². The minimum atomic E-state index is -0.288. The van der Waals surface area contributed by atoms with Crippen LogP contribution in [0, 0.1) is 6.92 Å². The van der Waals surface area contributed by atoms with E-state index in [1.54, 1.807) is 0 Å². The molecule has 1 aromatic heterocycles. The highest BCUT2D eigenvalue weighted by Crippen LogP contribution is 2.40. The molecular weight excluding hydrogens is 406 g/mol. The van der Waals surface area contributed by atoms with Crippen molar-refractivity contribution >= 4 is 17.7 Å². The minimum Gasteiger partial charge on any atom is -0.339 e. The van der Waals surface area contributed by atoms with Crippen LogP contribution in [0.25, 0.3) is 11.4 Å². The Morgan fingerprint density at radius 2 is 1.84 bits per heavy atom. The predicted octanol–water partition coefficient (Wildman–Crippen LogP) is 4.41. The molecule has 0 saturated carbocycles.